The molecule has 4 N–H and O–H groups in total. The quantitative estimate of drug-likeness (QED) is 0.564. The van der Waals surface area contributed by atoms with Crippen LogP contribution in [0.4, 0.5) is 0 Å². The molecule has 2 atom stereocenters. The number of carbonyl (C=O) groups is 1. The van der Waals surface area contributed by atoms with Crippen molar-refractivity contribution in [2.75, 3.05) is 7.05 Å². The molecule has 0 aromatic rings. The van der Waals surface area contributed by atoms with Crippen LogP contribution in [0.3, 0.4) is 0 Å². The average Bonchev–Trinajstić information content (AvgIpc) is 1.85. The van der Waals surface area contributed by atoms with E-state index in [0.29, 0.717) is 0 Å². The van der Waals surface area contributed by atoms with E-state index >= 15 is 0 Å². The van der Waals surface area contributed by atoms with Gasteiger partial charge in [0, 0.05) is 6.04 Å². The first-order valence-corrected chi connectivity index (χ1v) is 3.96. The molecule has 0 saturated carbocycles. The molecule has 0 aromatic carbocycles. The second-order valence-electron chi connectivity index (χ2n) is 4.00. The Kier molecular flexibility index (Phi) is 3.67. The van der Waals surface area contributed by atoms with Crippen LogP contribution in [0.1, 0.15) is 20.8 Å². The van der Waals surface area contributed by atoms with E-state index in [0.717, 1.165) is 0 Å². The van der Waals surface area contributed by atoms with Crippen LogP contribution < -0.4 is 11.1 Å². The van der Waals surface area contributed by atoms with Crippen molar-refractivity contribution in [1.82, 2.24) is 5.32 Å². The molecule has 0 radical (unpaired) electrons. The molecule has 0 bridgehead atoms. The van der Waals surface area contributed by atoms with E-state index in [4.69, 9.17) is 10.8 Å². The Labute approximate surface area is 73.1 Å². The monoisotopic (exact) mass is 174 g/mol. The fourth-order valence-corrected chi connectivity index (χ4v) is 1.29. The Morgan fingerprint density at radius 2 is 1.92 bits per heavy atom. The summed E-state index contributed by atoms with van der Waals surface area (Å²) in [6.07, 6.45) is 0. The molecule has 72 valence electrons. The summed E-state index contributed by atoms with van der Waals surface area (Å²) in [5.74, 6) is -0.968. The standard InChI is InChI=1S/C8H18N2O2/c1-8(2,3)6(10-4)5(9)7(11)12/h5-6,10H,9H2,1-4H3,(H,11,12). The third kappa shape index (κ3) is 2.79. The Bertz CT molecular complexity index is 163. The van der Waals surface area contributed by atoms with Gasteiger partial charge in [-0.1, -0.05) is 20.8 Å². The molecule has 0 rings (SSSR count). The first-order valence-electron chi connectivity index (χ1n) is 3.96. The summed E-state index contributed by atoms with van der Waals surface area (Å²) in [5, 5.41) is 11.6. The molecular weight excluding hydrogens is 156 g/mol. The number of carboxylic acid groups (broad SMARTS) is 1. The van der Waals surface area contributed by atoms with Crippen molar-refractivity contribution in [2.24, 2.45) is 11.1 Å². The summed E-state index contributed by atoms with van der Waals surface area (Å²) in [6, 6.07) is -1.06. The highest BCUT2D eigenvalue weighted by Crippen LogP contribution is 2.20. The Morgan fingerprint density at radius 3 is 2.00 bits per heavy atom. The number of likely N-dealkylation sites (N-methyl/N-ethyl adjacent to an activating group) is 1. The molecule has 0 amide bonds. The highest BCUT2D eigenvalue weighted by molar-refractivity contribution is 5.74. The van der Waals surface area contributed by atoms with Crippen molar-refractivity contribution in [1.29, 1.82) is 0 Å². The zero-order valence-electron chi connectivity index (χ0n) is 8.09. The molecule has 12 heavy (non-hydrogen) atoms. The minimum Gasteiger partial charge on any atom is -0.480 e. The molecule has 0 heterocycles. The third-order valence-electron chi connectivity index (χ3n) is 1.89. The van der Waals surface area contributed by atoms with E-state index in [1.54, 1.807) is 7.05 Å². The zero-order valence-corrected chi connectivity index (χ0v) is 8.09. The van der Waals surface area contributed by atoms with E-state index in [1.807, 2.05) is 20.8 Å². The van der Waals surface area contributed by atoms with Gasteiger partial charge in [-0.2, -0.15) is 0 Å². The molecule has 0 fully saturated rings. The van der Waals surface area contributed by atoms with Crippen molar-refractivity contribution >= 4 is 5.97 Å². The van der Waals surface area contributed by atoms with Crippen LogP contribution >= 0.6 is 0 Å². The summed E-state index contributed by atoms with van der Waals surface area (Å²) >= 11 is 0. The molecule has 0 aromatic heterocycles. The maximum Gasteiger partial charge on any atom is 0.322 e. The van der Waals surface area contributed by atoms with Gasteiger partial charge in [0.05, 0.1) is 0 Å². The van der Waals surface area contributed by atoms with Crippen LogP contribution in [0.5, 0.6) is 0 Å². The molecular formula is C8H18N2O2. The van der Waals surface area contributed by atoms with Gasteiger partial charge in [-0.15, -0.1) is 0 Å². The number of carboxylic acids is 1. The van der Waals surface area contributed by atoms with Gasteiger partial charge in [0.25, 0.3) is 0 Å². The first-order chi connectivity index (χ1) is 5.30. The highest BCUT2D eigenvalue weighted by Gasteiger charge is 2.32. The summed E-state index contributed by atoms with van der Waals surface area (Å²) in [5.41, 5.74) is 5.35. The molecule has 0 aliphatic heterocycles. The number of hydrogen-bond donors (Lipinski definition) is 3. The number of nitrogens with one attached hydrogen (secondary N) is 1. The lowest BCUT2D eigenvalue weighted by atomic mass is 9.82. The summed E-state index contributed by atoms with van der Waals surface area (Å²) < 4.78 is 0. The second-order valence-corrected chi connectivity index (χ2v) is 4.00. The maximum atomic E-state index is 10.6. The number of rotatable bonds is 3. The van der Waals surface area contributed by atoms with E-state index < -0.39 is 12.0 Å². The van der Waals surface area contributed by atoms with Gasteiger partial charge in [0.1, 0.15) is 6.04 Å². The van der Waals surface area contributed by atoms with Gasteiger partial charge in [-0.3, -0.25) is 4.79 Å². The van der Waals surface area contributed by atoms with Crippen molar-refractivity contribution in [3.05, 3.63) is 0 Å². The lowest BCUT2D eigenvalue weighted by Gasteiger charge is -2.32. The molecule has 0 spiro atoms. The van der Waals surface area contributed by atoms with Gasteiger partial charge in [-0.25, -0.2) is 0 Å². The summed E-state index contributed by atoms with van der Waals surface area (Å²) in [6.45, 7) is 5.87. The van der Waals surface area contributed by atoms with E-state index in [1.165, 1.54) is 0 Å². The summed E-state index contributed by atoms with van der Waals surface area (Å²) in [4.78, 5) is 10.6. The fraction of sp³-hybridized carbons (Fsp3) is 0.875. The van der Waals surface area contributed by atoms with Crippen molar-refractivity contribution < 1.29 is 9.90 Å². The number of nitrogens with two attached hydrogens (primary N) is 1. The van der Waals surface area contributed by atoms with Crippen LogP contribution in [0.25, 0.3) is 0 Å². The van der Waals surface area contributed by atoms with Gasteiger partial charge < -0.3 is 16.2 Å². The lowest BCUT2D eigenvalue weighted by Crippen LogP contribution is -2.55. The van der Waals surface area contributed by atoms with Crippen LogP contribution in [0, 0.1) is 5.41 Å². The van der Waals surface area contributed by atoms with Crippen LogP contribution in [0.2, 0.25) is 0 Å². The topological polar surface area (TPSA) is 75.3 Å². The smallest absolute Gasteiger partial charge is 0.322 e. The minimum absolute atomic E-state index is 0.146. The predicted octanol–water partition coefficient (Wildman–Crippen LogP) is 0.0324. The van der Waals surface area contributed by atoms with Gasteiger partial charge in [0.15, 0.2) is 0 Å². The zero-order chi connectivity index (χ0) is 9.94. The van der Waals surface area contributed by atoms with Gasteiger partial charge >= 0.3 is 5.97 Å². The molecule has 2 unspecified atom stereocenters. The van der Waals surface area contributed by atoms with Gasteiger partial charge in [-0.05, 0) is 12.5 Å². The SMILES string of the molecule is CNC(C(N)C(=O)O)C(C)(C)C. The molecule has 4 nitrogen and oxygen atoms in total. The normalized spacial score (nSPS) is 17.1. The first kappa shape index (κ1) is 11.4. The van der Waals surface area contributed by atoms with E-state index in [-0.39, 0.29) is 11.5 Å². The summed E-state index contributed by atoms with van der Waals surface area (Å²) in [7, 11) is 1.72. The van der Waals surface area contributed by atoms with E-state index in [2.05, 4.69) is 5.32 Å². The van der Waals surface area contributed by atoms with Crippen molar-refractivity contribution in [3.63, 3.8) is 0 Å². The molecule has 0 aliphatic carbocycles. The average molecular weight is 174 g/mol. The third-order valence-corrected chi connectivity index (χ3v) is 1.89. The van der Waals surface area contributed by atoms with Crippen LogP contribution in [0.15, 0.2) is 0 Å². The van der Waals surface area contributed by atoms with Crippen LogP contribution in [-0.2, 0) is 4.79 Å². The maximum absolute atomic E-state index is 10.6. The van der Waals surface area contributed by atoms with Crippen molar-refractivity contribution in [2.45, 2.75) is 32.9 Å². The van der Waals surface area contributed by atoms with Crippen LogP contribution in [-0.4, -0.2) is 30.2 Å². The molecule has 0 saturated heterocycles. The Balaban J connectivity index is 4.45. The second kappa shape index (κ2) is 3.87. The highest BCUT2D eigenvalue weighted by atomic mass is 16.4. The molecule has 4 heteroatoms. The Morgan fingerprint density at radius 1 is 1.50 bits per heavy atom. The largest absolute Gasteiger partial charge is 0.480 e. The number of aliphatic carboxylic acids is 1. The Hall–Kier alpha value is -0.610. The predicted molar refractivity (Wildman–Crippen MR) is 47.9 cm³/mol. The molecule has 0 aliphatic rings. The lowest BCUT2D eigenvalue weighted by molar-refractivity contribution is -0.140. The number of hydrogen-bond acceptors (Lipinski definition) is 3. The van der Waals surface area contributed by atoms with Crippen molar-refractivity contribution in [3.8, 4) is 0 Å². The van der Waals surface area contributed by atoms with E-state index in [9.17, 15) is 4.79 Å². The fourth-order valence-electron chi connectivity index (χ4n) is 1.29. The van der Waals surface area contributed by atoms with Gasteiger partial charge in [0.2, 0.25) is 0 Å². The minimum atomic E-state index is -0.968.